The van der Waals surface area contributed by atoms with Crippen molar-refractivity contribution >= 4 is 21.4 Å². The SMILES string of the molecule is COc1ccccc1[C@H]1Nc2ccc(S(=O)(=O)Nc3ccc(Oc4ccccc4)cc3)cc2[C@H]2C=CC[C@H]21. The zero-order valence-corrected chi connectivity index (χ0v) is 21.7. The van der Waals surface area contributed by atoms with Crippen molar-refractivity contribution in [3.8, 4) is 17.2 Å². The highest BCUT2D eigenvalue weighted by molar-refractivity contribution is 7.92. The highest BCUT2D eigenvalue weighted by Gasteiger charge is 2.39. The number of fused-ring (bicyclic) bond motifs is 3. The van der Waals surface area contributed by atoms with Crippen LogP contribution in [0.4, 0.5) is 11.4 Å². The Hall–Kier alpha value is -4.23. The molecule has 0 radical (unpaired) electrons. The maximum Gasteiger partial charge on any atom is 0.261 e. The summed E-state index contributed by atoms with van der Waals surface area (Å²) in [6.07, 6.45) is 5.29. The number of nitrogens with one attached hydrogen (secondary N) is 2. The Morgan fingerprint density at radius 2 is 1.58 bits per heavy atom. The average molecular weight is 525 g/mol. The first-order chi connectivity index (χ1) is 18.5. The fraction of sp³-hybridized carbons (Fsp3) is 0.161. The summed E-state index contributed by atoms with van der Waals surface area (Å²) in [6.45, 7) is 0. The van der Waals surface area contributed by atoms with Gasteiger partial charge >= 0.3 is 0 Å². The van der Waals surface area contributed by atoms with Gasteiger partial charge < -0.3 is 14.8 Å². The van der Waals surface area contributed by atoms with E-state index in [0.29, 0.717) is 11.4 Å². The lowest BCUT2D eigenvalue weighted by Gasteiger charge is -2.38. The molecule has 1 aliphatic heterocycles. The van der Waals surface area contributed by atoms with Crippen molar-refractivity contribution in [3.05, 3.63) is 120 Å². The maximum absolute atomic E-state index is 13.3. The summed E-state index contributed by atoms with van der Waals surface area (Å²) in [4.78, 5) is 0.234. The Kier molecular flexibility index (Phi) is 6.29. The fourth-order valence-electron chi connectivity index (χ4n) is 5.40. The molecule has 0 saturated carbocycles. The predicted molar refractivity (Wildman–Crippen MR) is 150 cm³/mol. The molecule has 0 spiro atoms. The molecule has 0 bridgehead atoms. The number of hydrogen-bond acceptors (Lipinski definition) is 5. The van der Waals surface area contributed by atoms with E-state index in [0.717, 1.165) is 34.7 Å². The van der Waals surface area contributed by atoms with Gasteiger partial charge in [0.1, 0.15) is 17.2 Å². The van der Waals surface area contributed by atoms with Crippen molar-refractivity contribution in [2.75, 3.05) is 17.1 Å². The molecule has 0 unspecified atom stereocenters. The summed E-state index contributed by atoms with van der Waals surface area (Å²) in [5.41, 5.74) is 3.51. The number of benzene rings is 4. The maximum atomic E-state index is 13.3. The van der Waals surface area contributed by atoms with Gasteiger partial charge in [-0.05, 0) is 78.6 Å². The molecule has 38 heavy (non-hydrogen) atoms. The highest BCUT2D eigenvalue weighted by Crippen LogP contribution is 2.51. The first kappa shape index (κ1) is 24.1. The Balaban J connectivity index is 1.24. The molecule has 0 aromatic heterocycles. The zero-order valence-electron chi connectivity index (χ0n) is 20.9. The number of ether oxygens (including phenoxy) is 2. The third kappa shape index (κ3) is 4.61. The van der Waals surface area contributed by atoms with Crippen LogP contribution in [0.3, 0.4) is 0 Å². The van der Waals surface area contributed by atoms with Gasteiger partial charge in [0.05, 0.1) is 18.0 Å². The first-order valence-electron chi connectivity index (χ1n) is 12.6. The van der Waals surface area contributed by atoms with Crippen LogP contribution >= 0.6 is 0 Å². The standard InChI is InChI=1S/C31H28N2O4S/c1-36-30-13-6-5-10-27(30)31-26-12-7-11-25(26)28-20-24(18-19-29(28)32-31)38(34,35)33-21-14-16-23(17-15-21)37-22-8-3-2-4-9-22/h2-11,13-20,25-26,31-33H,12H2,1H3/t25-,26+,31-/m0/s1. The van der Waals surface area contributed by atoms with E-state index in [1.165, 1.54) is 0 Å². The average Bonchev–Trinajstić information content (AvgIpc) is 3.44. The van der Waals surface area contributed by atoms with Crippen molar-refractivity contribution in [1.29, 1.82) is 0 Å². The Morgan fingerprint density at radius 3 is 2.37 bits per heavy atom. The highest BCUT2D eigenvalue weighted by atomic mass is 32.2. The monoisotopic (exact) mass is 524 g/mol. The molecular weight excluding hydrogens is 496 g/mol. The van der Waals surface area contributed by atoms with Crippen molar-refractivity contribution in [2.45, 2.75) is 23.3 Å². The normalized spacial score (nSPS) is 19.7. The molecule has 192 valence electrons. The Morgan fingerprint density at radius 1 is 0.842 bits per heavy atom. The molecule has 1 aliphatic carbocycles. The summed E-state index contributed by atoms with van der Waals surface area (Å²) >= 11 is 0. The van der Waals surface area contributed by atoms with Crippen LogP contribution in [0.15, 0.2) is 114 Å². The number of hydrogen-bond donors (Lipinski definition) is 2. The minimum absolute atomic E-state index is 0.0656. The molecule has 3 atom stereocenters. The molecule has 7 heteroatoms. The second kappa shape index (κ2) is 9.91. The van der Waals surface area contributed by atoms with Gasteiger partial charge in [-0.15, -0.1) is 0 Å². The molecule has 6 rings (SSSR count). The quantitative estimate of drug-likeness (QED) is 0.252. The van der Waals surface area contributed by atoms with Gasteiger partial charge in [0.2, 0.25) is 0 Å². The zero-order chi connectivity index (χ0) is 26.1. The molecule has 4 aromatic carbocycles. The van der Waals surface area contributed by atoms with Gasteiger partial charge in [-0.1, -0.05) is 48.6 Å². The molecule has 1 heterocycles. The van der Waals surface area contributed by atoms with E-state index in [4.69, 9.17) is 9.47 Å². The van der Waals surface area contributed by atoms with Crippen LogP contribution in [-0.4, -0.2) is 15.5 Å². The van der Waals surface area contributed by atoms with Gasteiger partial charge in [-0.25, -0.2) is 8.42 Å². The smallest absolute Gasteiger partial charge is 0.261 e. The number of anilines is 2. The van der Waals surface area contributed by atoms with Gasteiger partial charge in [-0.3, -0.25) is 4.72 Å². The number of para-hydroxylation sites is 2. The summed E-state index contributed by atoms with van der Waals surface area (Å²) in [6, 6.07) is 29.8. The van der Waals surface area contributed by atoms with Crippen molar-refractivity contribution in [2.24, 2.45) is 5.92 Å². The minimum Gasteiger partial charge on any atom is -0.496 e. The topological polar surface area (TPSA) is 76.7 Å². The van der Waals surface area contributed by atoms with E-state index < -0.39 is 10.0 Å². The summed E-state index contributed by atoms with van der Waals surface area (Å²) in [5.74, 6) is 2.58. The number of methoxy groups -OCH3 is 1. The van der Waals surface area contributed by atoms with Crippen LogP contribution in [0, 0.1) is 5.92 Å². The third-order valence-corrected chi connectivity index (χ3v) is 8.58. The lowest BCUT2D eigenvalue weighted by molar-refractivity contribution is 0.381. The van der Waals surface area contributed by atoms with Crippen LogP contribution in [0.25, 0.3) is 0 Å². The molecule has 4 aromatic rings. The van der Waals surface area contributed by atoms with Gasteiger partial charge in [0.15, 0.2) is 0 Å². The molecule has 2 aliphatic rings. The van der Waals surface area contributed by atoms with E-state index in [2.05, 4.69) is 28.3 Å². The summed E-state index contributed by atoms with van der Waals surface area (Å²) in [5, 5.41) is 3.66. The van der Waals surface area contributed by atoms with Gasteiger partial charge in [0, 0.05) is 22.9 Å². The van der Waals surface area contributed by atoms with Crippen molar-refractivity contribution < 1.29 is 17.9 Å². The van der Waals surface area contributed by atoms with Crippen molar-refractivity contribution in [3.63, 3.8) is 0 Å². The lowest BCUT2D eigenvalue weighted by atomic mass is 9.77. The number of sulfonamides is 1. The number of allylic oxidation sites excluding steroid dienone is 2. The second-order valence-corrected chi connectivity index (χ2v) is 11.2. The molecular formula is C31H28N2O4S. The predicted octanol–water partition coefficient (Wildman–Crippen LogP) is 7.11. The molecule has 0 fully saturated rings. The van der Waals surface area contributed by atoms with Gasteiger partial charge in [0.25, 0.3) is 10.0 Å². The van der Waals surface area contributed by atoms with E-state index >= 15 is 0 Å². The number of rotatable bonds is 7. The lowest BCUT2D eigenvalue weighted by Crippen LogP contribution is -2.29. The van der Waals surface area contributed by atoms with Crippen LogP contribution in [0.5, 0.6) is 17.2 Å². The summed E-state index contributed by atoms with van der Waals surface area (Å²) < 4.78 is 40.8. The van der Waals surface area contributed by atoms with E-state index in [1.807, 2.05) is 54.6 Å². The van der Waals surface area contributed by atoms with E-state index in [-0.39, 0.29) is 22.8 Å². The largest absolute Gasteiger partial charge is 0.496 e. The van der Waals surface area contributed by atoms with Crippen LogP contribution < -0.4 is 19.5 Å². The minimum atomic E-state index is -3.79. The van der Waals surface area contributed by atoms with Gasteiger partial charge in [-0.2, -0.15) is 0 Å². The third-order valence-electron chi connectivity index (χ3n) is 7.20. The summed E-state index contributed by atoms with van der Waals surface area (Å²) in [7, 11) is -2.10. The molecule has 6 nitrogen and oxygen atoms in total. The Labute approximate surface area is 223 Å². The van der Waals surface area contributed by atoms with Crippen LogP contribution in [0.2, 0.25) is 0 Å². The van der Waals surface area contributed by atoms with Crippen LogP contribution in [0.1, 0.15) is 29.5 Å². The van der Waals surface area contributed by atoms with E-state index in [1.54, 1.807) is 43.5 Å². The van der Waals surface area contributed by atoms with Crippen LogP contribution in [-0.2, 0) is 10.0 Å². The molecule has 0 amide bonds. The second-order valence-electron chi connectivity index (χ2n) is 9.51. The van der Waals surface area contributed by atoms with E-state index in [9.17, 15) is 8.42 Å². The molecule has 2 N–H and O–H groups in total. The first-order valence-corrected chi connectivity index (χ1v) is 14.1. The fourth-order valence-corrected chi connectivity index (χ4v) is 6.49. The Bertz CT molecular complexity index is 1580. The molecule has 0 saturated heterocycles. The van der Waals surface area contributed by atoms with Crippen molar-refractivity contribution in [1.82, 2.24) is 0 Å².